The number of H-pyrrole nitrogens is 1. The van der Waals surface area contributed by atoms with Crippen molar-refractivity contribution < 1.29 is 9.90 Å². The van der Waals surface area contributed by atoms with Crippen molar-refractivity contribution >= 4 is 39.8 Å². The number of nitrogens with zero attached hydrogens (tertiary/aromatic N) is 1. The number of fused-ring (bicyclic) bond motifs is 3. The summed E-state index contributed by atoms with van der Waals surface area (Å²) in [6.07, 6.45) is 5.96. The van der Waals surface area contributed by atoms with Crippen LogP contribution in [-0.2, 0) is 6.54 Å². The van der Waals surface area contributed by atoms with Gasteiger partial charge in [-0.05, 0) is 30.1 Å². The lowest BCUT2D eigenvalue weighted by molar-refractivity contribution is 0.0698. The summed E-state index contributed by atoms with van der Waals surface area (Å²) >= 11 is 0. The fourth-order valence-corrected chi connectivity index (χ4v) is 3.31. The Balaban J connectivity index is 1.86. The topological polar surface area (TPSA) is 78.0 Å². The molecule has 2 heterocycles. The maximum atomic E-state index is 11.7. The molecular formula is C22H19N3O2. The molecule has 5 nitrogen and oxygen atoms in total. The predicted molar refractivity (Wildman–Crippen MR) is 109 cm³/mol. The van der Waals surface area contributed by atoms with Gasteiger partial charge >= 0.3 is 5.97 Å². The SMILES string of the molecule is CNCc1nc2c(ccc3c[nH]c(/C=C/c4ccccc4)cc32)c1C(=O)O. The van der Waals surface area contributed by atoms with E-state index in [-0.39, 0.29) is 5.56 Å². The number of aromatic amines is 1. The molecule has 0 bridgehead atoms. The van der Waals surface area contributed by atoms with Crippen LogP contribution >= 0.6 is 0 Å². The van der Waals surface area contributed by atoms with E-state index in [0.29, 0.717) is 17.6 Å². The Morgan fingerprint density at radius 1 is 1.15 bits per heavy atom. The first-order valence-corrected chi connectivity index (χ1v) is 8.72. The van der Waals surface area contributed by atoms with Gasteiger partial charge in [0.1, 0.15) is 0 Å². The van der Waals surface area contributed by atoms with E-state index in [4.69, 9.17) is 0 Å². The van der Waals surface area contributed by atoms with E-state index < -0.39 is 5.97 Å². The Morgan fingerprint density at radius 2 is 1.96 bits per heavy atom. The van der Waals surface area contributed by atoms with Crippen LogP contribution in [0.25, 0.3) is 33.8 Å². The molecule has 0 aliphatic heterocycles. The third-order valence-corrected chi connectivity index (χ3v) is 4.56. The average molecular weight is 357 g/mol. The van der Waals surface area contributed by atoms with Crippen LogP contribution in [0.4, 0.5) is 0 Å². The van der Waals surface area contributed by atoms with Gasteiger partial charge in [-0.1, -0.05) is 48.5 Å². The number of aromatic carboxylic acids is 1. The zero-order valence-corrected chi connectivity index (χ0v) is 14.9. The average Bonchev–Trinajstić information content (AvgIpc) is 3.06. The van der Waals surface area contributed by atoms with Gasteiger partial charge in [0.2, 0.25) is 0 Å². The maximum Gasteiger partial charge on any atom is 0.338 e. The molecule has 0 atom stereocenters. The summed E-state index contributed by atoms with van der Waals surface area (Å²) in [5.41, 5.74) is 3.59. The van der Waals surface area contributed by atoms with E-state index in [0.717, 1.165) is 27.5 Å². The highest BCUT2D eigenvalue weighted by molar-refractivity contribution is 6.13. The van der Waals surface area contributed by atoms with Crippen molar-refractivity contribution in [1.29, 1.82) is 0 Å². The van der Waals surface area contributed by atoms with Crippen LogP contribution in [0, 0.1) is 0 Å². The third-order valence-electron chi connectivity index (χ3n) is 4.56. The van der Waals surface area contributed by atoms with E-state index in [1.54, 1.807) is 7.05 Å². The molecule has 0 radical (unpaired) electrons. The monoisotopic (exact) mass is 357 g/mol. The van der Waals surface area contributed by atoms with Crippen molar-refractivity contribution in [2.75, 3.05) is 7.05 Å². The van der Waals surface area contributed by atoms with Crippen molar-refractivity contribution in [3.8, 4) is 0 Å². The number of rotatable bonds is 5. The van der Waals surface area contributed by atoms with Crippen LogP contribution in [0.1, 0.15) is 27.3 Å². The Labute approximate surface area is 156 Å². The number of nitrogens with one attached hydrogen (secondary N) is 2. The van der Waals surface area contributed by atoms with Crippen LogP contribution in [0.5, 0.6) is 0 Å². The molecule has 0 spiro atoms. The lowest BCUT2D eigenvalue weighted by Crippen LogP contribution is -2.09. The van der Waals surface area contributed by atoms with E-state index in [2.05, 4.69) is 15.3 Å². The maximum absolute atomic E-state index is 11.7. The molecule has 0 aliphatic rings. The molecule has 2 aromatic carbocycles. The first kappa shape index (κ1) is 17.0. The molecule has 4 aromatic rings. The standard InChI is InChI=1S/C22H19N3O2/c1-23-13-19-20(22(26)27)17-10-8-15-12-24-16(11-18(15)21(17)25-19)9-7-14-5-3-2-4-6-14/h2-12,23-24H,13H2,1H3,(H,26,27)/b9-7+. The smallest absolute Gasteiger partial charge is 0.338 e. The van der Waals surface area contributed by atoms with Gasteiger partial charge in [-0.3, -0.25) is 0 Å². The summed E-state index contributed by atoms with van der Waals surface area (Å²) in [4.78, 5) is 19.7. The largest absolute Gasteiger partial charge is 0.478 e. The zero-order chi connectivity index (χ0) is 18.8. The second-order valence-corrected chi connectivity index (χ2v) is 6.37. The molecular weight excluding hydrogens is 338 g/mol. The molecule has 3 N–H and O–H groups in total. The van der Waals surface area contributed by atoms with Gasteiger partial charge in [0.15, 0.2) is 0 Å². The van der Waals surface area contributed by atoms with Gasteiger partial charge in [0, 0.05) is 29.2 Å². The molecule has 27 heavy (non-hydrogen) atoms. The summed E-state index contributed by atoms with van der Waals surface area (Å²) in [5.74, 6) is -0.950. The predicted octanol–water partition coefficient (Wildman–Crippen LogP) is 4.30. The number of hydrogen-bond acceptors (Lipinski definition) is 3. The summed E-state index contributed by atoms with van der Waals surface area (Å²) < 4.78 is 0. The highest BCUT2D eigenvalue weighted by Crippen LogP contribution is 2.30. The summed E-state index contributed by atoms with van der Waals surface area (Å²) in [7, 11) is 1.78. The highest BCUT2D eigenvalue weighted by Gasteiger charge is 2.19. The van der Waals surface area contributed by atoms with Gasteiger partial charge < -0.3 is 15.4 Å². The van der Waals surface area contributed by atoms with Crippen molar-refractivity contribution in [3.05, 3.63) is 77.2 Å². The summed E-state index contributed by atoms with van der Waals surface area (Å²) in [6.45, 7) is 0.414. The highest BCUT2D eigenvalue weighted by atomic mass is 16.4. The molecule has 0 saturated heterocycles. The van der Waals surface area contributed by atoms with Crippen LogP contribution in [-0.4, -0.2) is 28.1 Å². The van der Waals surface area contributed by atoms with Crippen LogP contribution in [0.3, 0.4) is 0 Å². The van der Waals surface area contributed by atoms with Crippen LogP contribution in [0.2, 0.25) is 0 Å². The molecule has 0 fully saturated rings. The van der Waals surface area contributed by atoms with Gasteiger partial charge in [-0.2, -0.15) is 0 Å². The zero-order valence-electron chi connectivity index (χ0n) is 14.9. The van der Waals surface area contributed by atoms with E-state index in [9.17, 15) is 9.90 Å². The Hall–Kier alpha value is -3.44. The molecule has 2 aromatic heterocycles. The molecule has 0 amide bonds. The molecule has 0 saturated carbocycles. The summed E-state index contributed by atoms with van der Waals surface area (Å²) in [6, 6.07) is 15.8. The number of carboxylic acid groups (broad SMARTS) is 1. The lowest BCUT2D eigenvalue weighted by atomic mass is 10.1. The van der Waals surface area contributed by atoms with Gasteiger partial charge in [-0.25, -0.2) is 9.78 Å². The number of aromatic nitrogens is 2. The number of carboxylic acids is 1. The third kappa shape index (κ3) is 3.20. The second kappa shape index (κ2) is 7.05. The molecule has 0 unspecified atom stereocenters. The van der Waals surface area contributed by atoms with Crippen molar-refractivity contribution in [2.24, 2.45) is 0 Å². The fourth-order valence-electron chi connectivity index (χ4n) is 3.31. The van der Waals surface area contributed by atoms with Crippen molar-refractivity contribution in [3.63, 3.8) is 0 Å². The summed E-state index contributed by atoms with van der Waals surface area (Å²) in [5, 5.41) is 15.2. The molecule has 5 heteroatoms. The van der Waals surface area contributed by atoms with Crippen LogP contribution < -0.4 is 5.32 Å². The van der Waals surface area contributed by atoms with E-state index in [1.165, 1.54) is 0 Å². The fraction of sp³-hybridized carbons (Fsp3) is 0.0909. The van der Waals surface area contributed by atoms with E-state index >= 15 is 0 Å². The number of benzene rings is 2. The number of pyridine rings is 1. The Morgan fingerprint density at radius 3 is 2.70 bits per heavy atom. The first-order valence-electron chi connectivity index (χ1n) is 8.72. The van der Waals surface area contributed by atoms with Gasteiger partial charge in [0.25, 0.3) is 0 Å². The van der Waals surface area contributed by atoms with Gasteiger partial charge in [-0.15, -0.1) is 0 Å². The minimum atomic E-state index is -0.950. The quantitative estimate of drug-likeness (QED) is 0.497. The van der Waals surface area contributed by atoms with E-state index in [1.807, 2.05) is 66.9 Å². The first-order chi connectivity index (χ1) is 13.2. The second-order valence-electron chi connectivity index (χ2n) is 6.37. The molecule has 134 valence electrons. The normalized spacial score (nSPS) is 11.6. The molecule has 0 aliphatic carbocycles. The Bertz CT molecular complexity index is 1160. The van der Waals surface area contributed by atoms with Gasteiger partial charge in [0.05, 0.1) is 16.8 Å². The lowest BCUT2D eigenvalue weighted by Gasteiger charge is -2.03. The van der Waals surface area contributed by atoms with Crippen LogP contribution in [0.15, 0.2) is 54.7 Å². The van der Waals surface area contributed by atoms with Crippen molar-refractivity contribution in [2.45, 2.75) is 6.54 Å². The molecule has 4 rings (SSSR count). The minimum Gasteiger partial charge on any atom is -0.478 e. The number of carbonyl (C=O) groups is 1. The minimum absolute atomic E-state index is 0.274. The number of hydrogen-bond donors (Lipinski definition) is 3. The van der Waals surface area contributed by atoms with Crippen molar-refractivity contribution in [1.82, 2.24) is 15.3 Å². The Kier molecular flexibility index (Phi) is 4.44.